The Balaban J connectivity index is 1.97. The van der Waals surface area contributed by atoms with Crippen molar-refractivity contribution in [3.8, 4) is 0 Å². The first kappa shape index (κ1) is 17.5. The van der Waals surface area contributed by atoms with E-state index >= 15 is 0 Å². The Hall–Kier alpha value is -2.89. The zero-order valence-corrected chi connectivity index (χ0v) is 13.2. The molecule has 24 heavy (non-hydrogen) atoms. The molecule has 0 spiro atoms. The lowest BCUT2D eigenvalue weighted by molar-refractivity contribution is -0.143. The van der Waals surface area contributed by atoms with Gasteiger partial charge >= 0.3 is 12.1 Å². The zero-order valence-electron chi connectivity index (χ0n) is 13.2. The molecule has 2 aromatic rings. The molecule has 2 aromatic carbocycles. The third-order valence-corrected chi connectivity index (χ3v) is 3.37. The molecule has 0 aliphatic carbocycles. The van der Waals surface area contributed by atoms with Gasteiger partial charge in [-0.25, -0.2) is 14.0 Å². The third kappa shape index (κ3) is 5.08. The number of hydrogen-bond donors (Lipinski definition) is 1. The molecule has 0 aromatic heterocycles. The summed E-state index contributed by atoms with van der Waals surface area (Å²) in [5.41, 5.74) is 1.12. The molecular formula is C18H18FNO4. The third-order valence-electron chi connectivity index (χ3n) is 3.37. The number of carbonyl (C=O) groups excluding carboxylic acids is 2. The van der Waals surface area contributed by atoms with Crippen molar-refractivity contribution in [3.05, 3.63) is 71.5 Å². The van der Waals surface area contributed by atoms with Crippen LogP contribution in [-0.2, 0) is 27.3 Å². The second-order valence-electron chi connectivity index (χ2n) is 5.08. The molecule has 6 heteroatoms. The van der Waals surface area contributed by atoms with E-state index < -0.39 is 23.9 Å². The Morgan fingerprint density at radius 1 is 1.08 bits per heavy atom. The first-order valence-corrected chi connectivity index (χ1v) is 7.38. The van der Waals surface area contributed by atoms with Crippen molar-refractivity contribution in [2.24, 2.45) is 0 Å². The molecule has 2 rings (SSSR count). The van der Waals surface area contributed by atoms with Crippen LogP contribution >= 0.6 is 0 Å². The quantitative estimate of drug-likeness (QED) is 0.827. The Kier molecular flexibility index (Phi) is 6.31. The fourth-order valence-electron chi connectivity index (χ4n) is 2.13. The highest BCUT2D eigenvalue weighted by Crippen LogP contribution is 2.10. The Bertz CT molecular complexity index is 690. The average molecular weight is 331 g/mol. The van der Waals surface area contributed by atoms with Crippen LogP contribution in [0.2, 0.25) is 0 Å². The van der Waals surface area contributed by atoms with Gasteiger partial charge in [0, 0.05) is 6.42 Å². The lowest BCUT2D eigenvalue weighted by atomic mass is 10.1. The summed E-state index contributed by atoms with van der Waals surface area (Å²) in [7, 11) is 1.20. The van der Waals surface area contributed by atoms with Crippen molar-refractivity contribution >= 4 is 12.1 Å². The van der Waals surface area contributed by atoms with Gasteiger partial charge in [0.25, 0.3) is 0 Å². The normalized spacial score (nSPS) is 11.4. The van der Waals surface area contributed by atoms with Gasteiger partial charge in [-0.1, -0.05) is 48.5 Å². The Labute approximate surface area is 139 Å². The number of amides is 1. The number of benzene rings is 2. The van der Waals surface area contributed by atoms with Crippen LogP contribution in [0.5, 0.6) is 0 Å². The Morgan fingerprint density at radius 3 is 2.42 bits per heavy atom. The predicted octanol–water partition coefficient (Wildman–Crippen LogP) is 2.84. The second-order valence-corrected chi connectivity index (χ2v) is 5.08. The summed E-state index contributed by atoms with van der Waals surface area (Å²) in [6.07, 6.45) is -0.801. The summed E-state index contributed by atoms with van der Waals surface area (Å²) in [6.45, 7) is 0.0697. The summed E-state index contributed by atoms with van der Waals surface area (Å²) in [4.78, 5) is 23.7. The number of alkyl carbamates (subject to hydrolysis) is 1. The molecule has 0 unspecified atom stereocenters. The molecule has 1 N–H and O–H groups in total. The fourth-order valence-corrected chi connectivity index (χ4v) is 2.13. The van der Waals surface area contributed by atoms with Crippen LogP contribution in [-0.4, -0.2) is 25.2 Å². The van der Waals surface area contributed by atoms with Crippen LogP contribution in [0.25, 0.3) is 0 Å². The molecule has 0 heterocycles. The van der Waals surface area contributed by atoms with Gasteiger partial charge in [0.1, 0.15) is 18.5 Å². The first-order valence-electron chi connectivity index (χ1n) is 7.38. The predicted molar refractivity (Wildman–Crippen MR) is 85.7 cm³/mol. The molecule has 1 atom stereocenters. The second kappa shape index (κ2) is 8.67. The van der Waals surface area contributed by atoms with Crippen LogP contribution in [0.15, 0.2) is 54.6 Å². The maximum atomic E-state index is 13.7. The number of carbonyl (C=O) groups is 2. The van der Waals surface area contributed by atoms with Gasteiger partial charge in [0.15, 0.2) is 0 Å². The van der Waals surface area contributed by atoms with E-state index in [4.69, 9.17) is 4.74 Å². The molecule has 0 fully saturated rings. The molecule has 126 valence electrons. The van der Waals surface area contributed by atoms with Crippen LogP contribution in [0, 0.1) is 5.82 Å². The number of ether oxygens (including phenoxy) is 2. The number of rotatable bonds is 6. The minimum atomic E-state index is -1.03. The van der Waals surface area contributed by atoms with Crippen molar-refractivity contribution in [2.75, 3.05) is 7.11 Å². The van der Waals surface area contributed by atoms with Gasteiger partial charge in [0.05, 0.1) is 7.11 Å². The van der Waals surface area contributed by atoms with Gasteiger partial charge in [-0.2, -0.15) is 0 Å². The highest BCUT2D eigenvalue weighted by molar-refractivity contribution is 5.81. The largest absolute Gasteiger partial charge is 0.467 e. The number of halogens is 1. The van der Waals surface area contributed by atoms with Crippen molar-refractivity contribution in [1.29, 1.82) is 0 Å². The van der Waals surface area contributed by atoms with E-state index in [-0.39, 0.29) is 13.0 Å². The van der Waals surface area contributed by atoms with E-state index in [1.54, 1.807) is 18.2 Å². The van der Waals surface area contributed by atoms with Gasteiger partial charge in [-0.05, 0) is 17.2 Å². The van der Waals surface area contributed by atoms with Crippen molar-refractivity contribution < 1.29 is 23.5 Å². The minimum absolute atomic E-state index is 0.0280. The van der Waals surface area contributed by atoms with Crippen LogP contribution in [0.1, 0.15) is 11.1 Å². The van der Waals surface area contributed by atoms with E-state index in [1.165, 1.54) is 13.2 Å². The van der Waals surface area contributed by atoms with Gasteiger partial charge in [-0.3, -0.25) is 0 Å². The zero-order chi connectivity index (χ0) is 17.4. The van der Waals surface area contributed by atoms with E-state index in [9.17, 15) is 14.0 Å². The number of nitrogens with one attached hydrogen (secondary N) is 1. The molecule has 0 saturated carbocycles. The molecule has 0 bridgehead atoms. The molecule has 0 saturated heterocycles. The fraction of sp³-hybridized carbons (Fsp3) is 0.222. The van der Waals surface area contributed by atoms with Gasteiger partial charge in [-0.15, -0.1) is 0 Å². The highest BCUT2D eigenvalue weighted by Gasteiger charge is 2.23. The van der Waals surface area contributed by atoms with E-state index in [1.807, 2.05) is 30.3 Å². The summed E-state index contributed by atoms with van der Waals surface area (Å²) in [6, 6.07) is 14.1. The SMILES string of the molecule is COC(=O)[C@H](Cc1ccccc1F)NC(=O)OCc1ccccc1. The molecule has 1 amide bonds. The molecule has 0 aliphatic heterocycles. The maximum absolute atomic E-state index is 13.7. The minimum Gasteiger partial charge on any atom is -0.467 e. The van der Waals surface area contributed by atoms with Crippen LogP contribution < -0.4 is 5.32 Å². The molecule has 0 radical (unpaired) electrons. The summed E-state index contributed by atoms with van der Waals surface area (Å²) >= 11 is 0. The Morgan fingerprint density at radius 2 is 1.75 bits per heavy atom. The topological polar surface area (TPSA) is 64.6 Å². The summed E-state index contributed by atoms with van der Waals surface area (Å²) in [5, 5.41) is 2.41. The van der Waals surface area contributed by atoms with Crippen LogP contribution in [0.4, 0.5) is 9.18 Å². The number of methoxy groups -OCH3 is 1. The molecular weight excluding hydrogens is 313 g/mol. The standard InChI is InChI=1S/C18H18FNO4/c1-23-17(21)16(11-14-9-5-6-10-15(14)19)20-18(22)24-12-13-7-3-2-4-8-13/h2-10,16H,11-12H2,1H3,(H,20,22)/t16-/m0/s1. The van der Waals surface area contributed by atoms with Crippen LogP contribution in [0.3, 0.4) is 0 Å². The summed E-state index contributed by atoms with van der Waals surface area (Å²) in [5.74, 6) is -1.12. The van der Waals surface area contributed by atoms with Crippen molar-refractivity contribution in [3.63, 3.8) is 0 Å². The lowest BCUT2D eigenvalue weighted by Crippen LogP contribution is -2.43. The lowest BCUT2D eigenvalue weighted by Gasteiger charge is -2.17. The number of hydrogen-bond acceptors (Lipinski definition) is 4. The van der Waals surface area contributed by atoms with Crippen molar-refractivity contribution in [2.45, 2.75) is 19.1 Å². The van der Waals surface area contributed by atoms with Crippen molar-refractivity contribution in [1.82, 2.24) is 5.32 Å². The maximum Gasteiger partial charge on any atom is 0.408 e. The molecule has 0 aliphatic rings. The van der Waals surface area contributed by atoms with Gasteiger partial charge in [0.2, 0.25) is 0 Å². The summed E-state index contributed by atoms with van der Waals surface area (Å²) < 4.78 is 23.5. The highest BCUT2D eigenvalue weighted by atomic mass is 19.1. The monoisotopic (exact) mass is 331 g/mol. The van der Waals surface area contributed by atoms with E-state index in [0.29, 0.717) is 5.56 Å². The molecule has 5 nitrogen and oxygen atoms in total. The van der Waals surface area contributed by atoms with E-state index in [0.717, 1.165) is 5.56 Å². The van der Waals surface area contributed by atoms with E-state index in [2.05, 4.69) is 10.1 Å². The number of esters is 1. The first-order chi connectivity index (χ1) is 11.6. The average Bonchev–Trinajstić information content (AvgIpc) is 2.61. The smallest absolute Gasteiger partial charge is 0.408 e. The van der Waals surface area contributed by atoms with Gasteiger partial charge < -0.3 is 14.8 Å².